The van der Waals surface area contributed by atoms with Crippen LogP contribution >= 0.6 is 0 Å². The van der Waals surface area contributed by atoms with Crippen LogP contribution in [0.3, 0.4) is 0 Å². The van der Waals surface area contributed by atoms with Crippen LogP contribution < -0.4 is 4.74 Å². The maximum atomic E-state index is 12.6. The third kappa shape index (κ3) is 3.56. The van der Waals surface area contributed by atoms with Gasteiger partial charge in [-0.3, -0.25) is 0 Å². The van der Waals surface area contributed by atoms with Crippen LogP contribution in [0.15, 0.2) is 30.5 Å². The fraction of sp³-hybridized carbons (Fsp3) is 0.400. The topological polar surface area (TPSA) is 27.1 Å². The SMILES string of the molecule is Cc1ncc(COc2cccc(C(F)(F)F)c2)n1C(C)C. The zero-order valence-corrected chi connectivity index (χ0v) is 12.1. The fourth-order valence-corrected chi connectivity index (χ4v) is 2.23. The maximum Gasteiger partial charge on any atom is 0.416 e. The van der Waals surface area contributed by atoms with E-state index in [0.717, 1.165) is 23.7 Å². The molecule has 114 valence electrons. The van der Waals surface area contributed by atoms with Gasteiger partial charge in [0.2, 0.25) is 0 Å². The standard InChI is InChI=1S/C15H17F3N2O/c1-10(2)20-11(3)19-8-13(20)9-21-14-6-4-5-12(7-14)15(16,17)18/h4-8,10H,9H2,1-3H3. The third-order valence-electron chi connectivity index (χ3n) is 3.12. The van der Waals surface area contributed by atoms with Gasteiger partial charge in [-0.25, -0.2) is 4.98 Å². The van der Waals surface area contributed by atoms with Crippen LogP contribution in [0.4, 0.5) is 13.2 Å². The Morgan fingerprint density at radius 1 is 1.29 bits per heavy atom. The van der Waals surface area contributed by atoms with E-state index in [0.29, 0.717) is 0 Å². The third-order valence-corrected chi connectivity index (χ3v) is 3.12. The van der Waals surface area contributed by atoms with E-state index >= 15 is 0 Å². The van der Waals surface area contributed by atoms with Crippen LogP contribution in [0.2, 0.25) is 0 Å². The van der Waals surface area contributed by atoms with Gasteiger partial charge in [0.15, 0.2) is 0 Å². The molecule has 2 rings (SSSR count). The highest BCUT2D eigenvalue weighted by molar-refractivity contribution is 5.30. The molecule has 0 saturated carbocycles. The molecule has 0 aliphatic heterocycles. The van der Waals surface area contributed by atoms with Gasteiger partial charge in [-0.15, -0.1) is 0 Å². The first kappa shape index (κ1) is 15.4. The molecule has 0 aliphatic carbocycles. The van der Waals surface area contributed by atoms with Crippen molar-refractivity contribution in [3.8, 4) is 5.75 Å². The molecule has 0 saturated heterocycles. The summed E-state index contributed by atoms with van der Waals surface area (Å²) in [6.07, 6.45) is -2.68. The van der Waals surface area contributed by atoms with Crippen molar-refractivity contribution < 1.29 is 17.9 Å². The number of nitrogens with zero attached hydrogens (tertiary/aromatic N) is 2. The lowest BCUT2D eigenvalue weighted by atomic mass is 10.2. The summed E-state index contributed by atoms with van der Waals surface area (Å²) in [5.41, 5.74) is 0.119. The molecule has 0 aliphatic rings. The molecule has 0 bridgehead atoms. The second-order valence-electron chi connectivity index (χ2n) is 5.07. The van der Waals surface area contributed by atoms with E-state index in [2.05, 4.69) is 4.98 Å². The molecule has 0 amide bonds. The minimum atomic E-state index is -4.37. The van der Waals surface area contributed by atoms with Crippen LogP contribution in [-0.4, -0.2) is 9.55 Å². The van der Waals surface area contributed by atoms with Gasteiger partial charge >= 0.3 is 6.18 Å². The van der Waals surface area contributed by atoms with Crippen LogP contribution in [0.1, 0.15) is 37.0 Å². The molecule has 0 fully saturated rings. The van der Waals surface area contributed by atoms with E-state index in [-0.39, 0.29) is 18.4 Å². The molecule has 1 aromatic heterocycles. The number of benzene rings is 1. The quantitative estimate of drug-likeness (QED) is 0.838. The number of aromatic nitrogens is 2. The second kappa shape index (κ2) is 5.79. The monoisotopic (exact) mass is 298 g/mol. The van der Waals surface area contributed by atoms with Crippen LogP contribution in [0, 0.1) is 6.92 Å². The summed E-state index contributed by atoms with van der Waals surface area (Å²) in [6, 6.07) is 5.09. The molecular formula is C15H17F3N2O. The molecule has 6 heteroatoms. The molecule has 1 heterocycles. The highest BCUT2D eigenvalue weighted by Crippen LogP contribution is 2.31. The zero-order chi connectivity index (χ0) is 15.6. The molecule has 21 heavy (non-hydrogen) atoms. The van der Waals surface area contributed by atoms with Gasteiger partial charge in [-0.05, 0) is 39.0 Å². The molecule has 1 aromatic carbocycles. The van der Waals surface area contributed by atoms with Crippen molar-refractivity contribution in [2.75, 3.05) is 0 Å². The predicted molar refractivity (Wildman–Crippen MR) is 73.1 cm³/mol. The minimum Gasteiger partial charge on any atom is -0.487 e. The van der Waals surface area contributed by atoms with Crippen LogP contribution in [-0.2, 0) is 12.8 Å². The van der Waals surface area contributed by atoms with Gasteiger partial charge < -0.3 is 9.30 Å². The van der Waals surface area contributed by atoms with Gasteiger partial charge in [0, 0.05) is 6.04 Å². The normalized spacial score (nSPS) is 12.0. The Labute approximate surface area is 121 Å². The summed E-state index contributed by atoms with van der Waals surface area (Å²) in [4.78, 5) is 4.21. The molecule has 0 N–H and O–H groups in total. The smallest absolute Gasteiger partial charge is 0.416 e. The first-order valence-electron chi connectivity index (χ1n) is 6.62. The summed E-state index contributed by atoms with van der Waals surface area (Å²) in [7, 11) is 0. The van der Waals surface area contributed by atoms with Crippen molar-refractivity contribution in [2.24, 2.45) is 0 Å². The van der Waals surface area contributed by atoms with Crippen LogP contribution in [0.25, 0.3) is 0 Å². The Bertz CT molecular complexity index is 618. The van der Waals surface area contributed by atoms with Gasteiger partial charge in [0.1, 0.15) is 18.2 Å². The highest BCUT2D eigenvalue weighted by Gasteiger charge is 2.30. The average molecular weight is 298 g/mol. The molecule has 0 unspecified atom stereocenters. The number of aryl methyl sites for hydroxylation is 1. The number of halogens is 3. The molecule has 0 atom stereocenters. The summed E-state index contributed by atoms with van der Waals surface area (Å²) in [5, 5.41) is 0. The Morgan fingerprint density at radius 3 is 2.62 bits per heavy atom. The van der Waals surface area contributed by atoms with E-state index in [1.165, 1.54) is 12.1 Å². The van der Waals surface area contributed by atoms with E-state index in [4.69, 9.17) is 4.74 Å². The Balaban J connectivity index is 2.14. The van der Waals surface area contributed by atoms with Gasteiger partial charge in [-0.1, -0.05) is 6.07 Å². The van der Waals surface area contributed by atoms with Gasteiger partial charge in [0.05, 0.1) is 17.5 Å². The summed E-state index contributed by atoms with van der Waals surface area (Å²) in [6.45, 7) is 6.10. The molecule has 3 nitrogen and oxygen atoms in total. The minimum absolute atomic E-state index is 0.181. The van der Waals surface area contributed by atoms with Crippen molar-refractivity contribution in [1.82, 2.24) is 9.55 Å². The Morgan fingerprint density at radius 2 is 2.00 bits per heavy atom. The number of rotatable bonds is 4. The Kier molecular flexibility index (Phi) is 4.25. The number of imidazole rings is 1. The number of hydrogen-bond acceptors (Lipinski definition) is 2. The Hall–Kier alpha value is -1.98. The zero-order valence-electron chi connectivity index (χ0n) is 12.1. The fourth-order valence-electron chi connectivity index (χ4n) is 2.23. The average Bonchev–Trinajstić information content (AvgIpc) is 2.77. The van der Waals surface area contributed by atoms with Crippen molar-refractivity contribution in [1.29, 1.82) is 0 Å². The lowest BCUT2D eigenvalue weighted by Crippen LogP contribution is -2.10. The van der Waals surface area contributed by atoms with Crippen molar-refractivity contribution in [3.05, 3.63) is 47.5 Å². The first-order chi connectivity index (χ1) is 9.79. The first-order valence-corrected chi connectivity index (χ1v) is 6.62. The van der Waals surface area contributed by atoms with Gasteiger partial charge in [0.25, 0.3) is 0 Å². The van der Waals surface area contributed by atoms with Crippen molar-refractivity contribution in [2.45, 2.75) is 39.6 Å². The van der Waals surface area contributed by atoms with E-state index in [9.17, 15) is 13.2 Å². The summed E-state index contributed by atoms with van der Waals surface area (Å²) < 4.78 is 45.4. The molecule has 0 spiro atoms. The molecular weight excluding hydrogens is 281 g/mol. The highest BCUT2D eigenvalue weighted by atomic mass is 19.4. The maximum absolute atomic E-state index is 12.6. The predicted octanol–water partition coefficient (Wildman–Crippen LogP) is 4.37. The summed E-state index contributed by atoms with van der Waals surface area (Å²) in [5.74, 6) is 1.05. The van der Waals surface area contributed by atoms with Crippen molar-refractivity contribution in [3.63, 3.8) is 0 Å². The lowest BCUT2D eigenvalue weighted by Gasteiger charge is -2.15. The van der Waals surface area contributed by atoms with E-state index in [1.807, 2.05) is 25.3 Å². The molecule has 2 aromatic rings. The van der Waals surface area contributed by atoms with E-state index in [1.54, 1.807) is 6.20 Å². The van der Waals surface area contributed by atoms with Crippen LogP contribution in [0.5, 0.6) is 5.75 Å². The molecule has 0 radical (unpaired) electrons. The largest absolute Gasteiger partial charge is 0.487 e. The van der Waals surface area contributed by atoms with Crippen molar-refractivity contribution >= 4 is 0 Å². The van der Waals surface area contributed by atoms with Gasteiger partial charge in [-0.2, -0.15) is 13.2 Å². The summed E-state index contributed by atoms with van der Waals surface area (Å²) >= 11 is 0. The number of ether oxygens (including phenoxy) is 1. The van der Waals surface area contributed by atoms with E-state index < -0.39 is 11.7 Å². The second-order valence-corrected chi connectivity index (χ2v) is 5.07. The number of hydrogen-bond donors (Lipinski definition) is 0. The lowest BCUT2D eigenvalue weighted by molar-refractivity contribution is -0.137. The number of alkyl halides is 3.